The van der Waals surface area contributed by atoms with Crippen LogP contribution < -0.4 is 5.32 Å². The molecule has 0 saturated heterocycles. The van der Waals surface area contributed by atoms with E-state index in [1.165, 1.54) is 12.1 Å². The van der Waals surface area contributed by atoms with Gasteiger partial charge in [0.2, 0.25) is 0 Å². The molecule has 1 aromatic carbocycles. The molecule has 1 aromatic heterocycles. The van der Waals surface area contributed by atoms with Crippen molar-refractivity contribution in [3.8, 4) is 0 Å². The number of hydrogen-bond acceptors (Lipinski definition) is 2. The maximum Gasteiger partial charge on any atom is 0.128 e. The van der Waals surface area contributed by atoms with E-state index in [9.17, 15) is 8.78 Å². The van der Waals surface area contributed by atoms with Gasteiger partial charge in [-0.05, 0) is 66.4 Å². The molecule has 0 aliphatic carbocycles. The average Bonchev–Trinajstić information content (AvgIpc) is 2.82. The zero-order chi connectivity index (χ0) is 14.7. The average molecular weight is 295 g/mol. The second-order valence-electron chi connectivity index (χ2n) is 5.02. The van der Waals surface area contributed by atoms with Crippen molar-refractivity contribution >= 4 is 11.3 Å². The van der Waals surface area contributed by atoms with Gasteiger partial charge in [0.1, 0.15) is 11.6 Å². The first kappa shape index (κ1) is 15.1. The van der Waals surface area contributed by atoms with E-state index in [2.05, 4.69) is 12.2 Å². The molecule has 0 bridgehead atoms. The van der Waals surface area contributed by atoms with Gasteiger partial charge < -0.3 is 5.32 Å². The quantitative estimate of drug-likeness (QED) is 0.840. The van der Waals surface area contributed by atoms with E-state index in [4.69, 9.17) is 0 Å². The van der Waals surface area contributed by atoms with Crippen molar-refractivity contribution in [1.29, 1.82) is 0 Å². The molecule has 108 valence electrons. The summed E-state index contributed by atoms with van der Waals surface area (Å²) in [6.45, 7) is 6.38. The van der Waals surface area contributed by atoms with Gasteiger partial charge in [-0.25, -0.2) is 8.78 Å². The lowest BCUT2D eigenvalue weighted by Gasteiger charge is -2.20. The molecular formula is C16H19F2NS. The van der Waals surface area contributed by atoms with E-state index >= 15 is 0 Å². The highest BCUT2D eigenvalue weighted by Gasteiger charge is 2.21. The monoisotopic (exact) mass is 295 g/mol. The van der Waals surface area contributed by atoms with E-state index in [0.717, 1.165) is 24.1 Å². The van der Waals surface area contributed by atoms with Crippen LogP contribution in [-0.4, -0.2) is 6.54 Å². The van der Waals surface area contributed by atoms with Gasteiger partial charge in [0.15, 0.2) is 0 Å². The number of halogens is 2. The lowest BCUT2D eigenvalue weighted by Crippen LogP contribution is -2.24. The Labute approximate surface area is 122 Å². The Kier molecular flexibility index (Phi) is 4.89. The fourth-order valence-electron chi connectivity index (χ4n) is 2.23. The van der Waals surface area contributed by atoms with Crippen molar-refractivity contribution in [3.63, 3.8) is 0 Å². The van der Waals surface area contributed by atoms with Gasteiger partial charge in [0.25, 0.3) is 0 Å². The molecule has 4 heteroatoms. The van der Waals surface area contributed by atoms with Gasteiger partial charge in [-0.15, -0.1) is 0 Å². The van der Waals surface area contributed by atoms with Gasteiger partial charge >= 0.3 is 0 Å². The SMILES string of the molecule is CCCNC(c1cscc1C)c1cc(F)c(C)cc1F. The van der Waals surface area contributed by atoms with Crippen LogP contribution in [0.15, 0.2) is 22.9 Å². The van der Waals surface area contributed by atoms with Crippen molar-refractivity contribution in [2.24, 2.45) is 0 Å². The molecule has 20 heavy (non-hydrogen) atoms. The normalized spacial score (nSPS) is 12.7. The molecule has 0 amide bonds. The molecule has 0 radical (unpaired) electrons. The van der Waals surface area contributed by atoms with E-state index in [-0.39, 0.29) is 17.7 Å². The fraction of sp³-hybridized carbons (Fsp3) is 0.375. The van der Waals surface area contributed by atoms with Crippen LogP contribution in [0.4, 0.5) is 8.78 Å². The first-order valence-electron chi connectivity index (χ1n) is 6.76. The Morgan fingerprint density at radius 3 is 2.40 bits per heavy atom. The van der Waals surface area contributed by atoms with E-state index in [1.807, 2.05) is 17.7 Å². The van der Waals surface area contributed by atoms with Crippen molar-refractivity contribution in [1.82, 2.24) is 5.32 Å². The minimum absolute atomic E-state index is 0.295. The van der Waals surface area contributed by atoms with Crippen LogP contribution in [0, 0.1) is 25.5 Å². The largest absolute Gasteiger partial charge is 0.306 e. The molecule has 0 fully saturated rings. The highest BCUT2D eigenvalue weighted by atomic mass is 32.1. The highest BCUT2D eigenvalue weighted by Crippen LogP contribution is 2.30. The predicted molar refractivity (Wildman–Crippen MR) is 80.3 cm³/mol. The first-order chi connectivity index (χ1) is 9.54. The second kappa shape index (κ2) is 6.46. The smallest absolute Gasteiger partial charge is 0.128 e. The van der Waals surface area contributed by atoms with Crippen LogP contribution in [0.25, 0.3) is 0 Å². The van der Waals surface area contributed by atoms with E-state index in [1.54, 1.807) is 18.3 Å². The lowest BCUT2D eigenvalue weighted by molar-refractivity contribution is 0.532. The Hall–Kier alpha value is -1.26. The van der Waals surface area contributed by atoms with Gasteiger partial charge in [-0.2, -0.15) is 11.3 Å². The maximum absolute atomic E-state index is 14.2. The number of aryl methyl sites for hydroxylation is 2. The van der Waals surface area contributed by atoms with Crippen LogP contribution in [0.3, 0.4) is 0 Å². The second-order valence-corrected chi connectivity index (χ2v) is 5.76. The van der Waals surface area contributed by atoms with Gasteiger partial charge in [0.05, 0.1) is 6.04 Å². The number of benzene rings is 1. The minimum Gasteiger partial charge on any atom is -0.306 e. The first-order valence-corrected chi connectivity index (χ1v) is 7.70. The van der Waals surface area contributed by atoms with E-state index in [0.29, 0.717) is 11.1 Å². The summed E-state index contributed by atoms with van der Waals surface area (Å²) in [5.74, 6) is -0.722. The fourth-order valence-corrected chi connectivity index (χ4v) is 3.10. The zero-order valence-electron chi connectivity index (χ0n) is 12.0. The molecule has 2 rings (SSSR count). The molecule has 0 saturated carbocycles. The summed E-state index contributed by atoms with van der Waals surface area (Å²) in [6.07, 6.45) is 0.940. The molecule has 1 nitrogen and oxygen atoms in total. The molecule has 2 aromatic rings. The summed E-state index contributed by atoms with van der Waals surface area (Å²) >= 11 is 1.58. The minimum atomic E-state index is -0.363. The Morgan fingerprint density at radius 2 is 1.80 bits per heavy atom. The van der Waals surface area contributed by atoms with Crippen LogP contribution in [0.2, 0.25) is 0 Å². The third-order valence-corrected chi connectivity index (χ3v) is 4.27. The zero-order valence-corrected chi connectivity index (χ0v) is 12.8. The summed E-state index contributed by atoms with van der Waals surface area (Å²) in [6, 6.07) is 2.29. The van der Waals surface area contributed by atoms with Crippen LogP contribution in [0.5, 0.6) is 0 Å². The van der Waals surface area contributed by atoms with Crippen LogP contribution in [-0.2, 0) is 0 Å². The predicted octanol–water partition coefficient (Wildman–Crippen LogP) is 4.73. The van der Waals surface area contributed by atoms with Gasteiger partial charge in [0, 0.05) is 5.56 Å². The molecule has 0 spiro atoms. The number of nitrogens with one attached hydrogen (secondary N) is 1. The molecular weight excluding hydrogens is 276 g/mol. The summed E-state index contributed by atoms with van der Waals surface area (Å²) in [5.41, 5.74) is 2.83. The number of rotatable bonds is 5. The molecule has 1 atom stereocenters. The summed E-state index contributed by atoms with van der Waals surface area (Å²) < 4.78 is 28.0. The van der Waals surface area contributed by atoms with Gasteiger partial charge in [-0.1, -0.05) is 6.92 Å². The molecule has 0 aliphatic rings. The van der Waals surface area contributed by atoms with Crippen molar-refractivity contribution in [2.45, 2.75) is 33.2 Å². The molecule has 0 aliphatic heterocycles. The Balaban J connectivity index is 2.46. The van der Waals surface area contributed by atoms with E-state index < -0.39 is 0 Å². The lowest BCUT2D eigenvalue weighted by atomic mass is 9.96. The number of thiophene rings is 1. The highest BCUT2D eigenvalue weighted by molar-refractivity contribution is 7.08. The molecule has 1 heterocycles. The van der Waals surface area contributed by atoms with Crippen LogP contribution in [0.1, 0.15) is 41.6 Å². The maximum atomic E-state index is 14.2. The van der Waals surface area contributed by atoms with Gasteiger partial charge in [-0.3, -0.25) is 0 Å². The van der Waals surface area contributed by atoms with Crippen LogP contribution >= 0.6 is 11.3 Å². The standard InChI is InChI=1S/C16H19F2NS/c1-4-5-19-16(13-9-20-8-11(13)3)12-7-14(17)10(2)6-15(12)18/h6-9,16,19H,4-5H2,1-3H3. The molecule has 1 N–H and O–H groups in total. The topological polar surface area (TPSA) is 12.0 Å². The summed E-state index contributed by atoms with van der Waals surface area (Å²) in [7, 11) is 0. The van der Waals surface area contributed by atoms with Crippen molar-refractivity contribution in [3.05, 3.63) is 56.8 Å². The van der Waals surface area contributed by atoms with Crippen molar-refractivity contribution in [2.75, 3.05) is 6.54 Å². The molecule has 1 unspecified atom stereocenters. The Bertz CT molecular complexity index is 592. The summed E-state index contributed by atoms with van der Waals surface area (Å²) in [5, 5.41) is 7.34. The van der Waals surface area contributed by atoms with Crippen molar-refractivity contribution < 1.29 is 8.78 Å². The Morgan fingerprint density at radius 1 is 1.05 bits per heavy atom. The third-order valence-electron chi connectivity index (χ3n) is 3.39. The number of hydrogen-bond donors (Lipinski definition) is 1. The summed E-state index contributed by atoms with van der Waals surface area (Å²) in [4.78, 5) is 0. The third kappa shape index (κ3) is 3.07.